The molecule has 5 aliphatic rings. The predicted molar refractivity (Wildman–Crippen MR) is 163 cm³/mol. The number of aromatic hydroxyl groups is 1. The highest BCUT2D eigenvalue weighted by atomic mass is 19.1. The first-order valence-corrected chi connectivity index (χ1v) is 15.6. The average Bonchev–Trinajstić information content (AvgIpc) is 3.39. The van der Waals surface area contributed by atoms with E-state index in [-0.39, 0.29) is 39.6 Å². The zero-order valence-electron chi connectivity index (χ0n) is 24.2. The molecule has 9 rings (SSSR count). The minimum absolute atomic E-state index is 0.00935. The second-order valence-corrected chi connectivity index (χ2v) is 13.3. The lowest BCUT2D eigenvalue weighted by Crippen LogP contribution is -2.51. The smallest absolute Gasteiger partial charge is 0.319 e. The maximum Gasteiger partial charge on any atom is 0.319 e. The summed E-state index contributed by atoms with van der Waals surface area (Å²) in [5.74, 6) is 2.99. The van der Waals surface area contributed by atoms with Crippen LogP contribution in [0.25, 0.3) is 32.9 Å². The molecular weight excluding hydrogens is 562 g/mol. The number of pyridine rings is 1. The molecule has 0 unspecified atom stereocenters. The predicted octanol–water partition coefficient (Wildman–Crippen LogP) is 4.61. The highest BCUT2D eigenvalue weighted by Gasteiger charge is 2.63. The molecule has 2 aromatic heterocycles. The number of halogens is 2. The monoisotopic (exact) mass is 594 g/mol. The van der Waals surface area contributed by atoms with E-state index in [0.717, 1.165) is 57.8 Å². The molecule has 44 heavy (non-hydrogen) atoms. The molecule has 1 aliphatic carbocycles. The van der Waals surface area contributed by atoms with E-state index in [1.165, 1.54) is 30.7 Å². The summed E-state index contributed by atoms with van der Waals surface area (Å²) >= 11 is 0. The van der Waals surface area contributed by atoms with Crippen molar-refractivity contribution in [1.82, 2.24) is 25.2 Å². The number of piperidine rings is 1. The fourth-order valence-electron chi connectivity index (χ4n) is 8.74. The van der Waals surface area contributed by atoms with Crippen LogP contribution in [0.4, 0.5) is 14.6 Å². The second kappa shape index (κ2) is 9.46. The Morgan fingerprint density at radius 2 is 1.98 bits per heavy atom. The molecular formula is C34H32F2N6O2. The van der Waals surface area contributed by atoms with Gasteiger partial charge in [0.1, 0.15) is 35.2 Å². The van der Waals surface area contributed by atoms with Gasteiger partial charge in [0.25, 0.3) is 0 Å². The van der Waals surface area contributed by atoms with Crippen molar-refractivity contribution in [2.45, 2.75) is 49.7 Å². The summed E-state index contributed by atoms with van der Waals surface area (Å²) in [5.41, 5.74) is 0.190. The number of nitrogens with zero attached hydrogens (tertiary/aromatic N) is 5. The van der Waals surface area contributed by atoms with E-state index in [4.69, 9.17) is 16.1 Å². The number of phenols is 1. The lowest BCUT2D eigenvalue weighted by Gasteiger charge is -2.35. The van der Waals surface area contributed by atoms with Crippen molar-refractivity contribution in [1.29, 1.82) is 0 Å². The maximum absolute atomic E-state index is 16.8. The van der Waals surface area contributed by atoms with E-state index in [0.29, 0.717) is 46.6 Å². The second-order valence-electron chi connectivity index (χ2n) is 13.3. The van der Waals surface area contributed by atoms with Gasteiger partial charge in [-0.2, -0.15) is 9.97 Å². The molecule has 0 spiro atoms. The molecule has 5 atom stereocenters. The van der Waals surface area contributed by atoms with Crippen molar-refractivity contribution >= 4 is 27.5 Å². The Kier molecular flexibility index (Phi) is 5.67. The molecule has 0 radical (unpaired) electrons. The molecule has 4 aliphatic heterocycles. The van der Waals surface area contributed by atoms with Gasteiger partial charge in [0.2, 0.25) is 0 Å². The Hall–Kier alpha value is -4.07. The average molecular weight is 595 g/mol. The van der Waals surface area contributed by atoms with E-state index in [9.17, 15) is 9.50 Å². The number of nitrogens with one attached hydrogen (secondary N) is 1. The molecule has 2 N–H and O–H groups in total. The van der Waals surface area contributed by atoms with Crippen molar-refractivity contribution in [2.24, 2.45) is 11.8 Å². The number of aromatic nitrogens is 3. The largest absolute Gasteiger partial charge is 0.508 e. The molecule has 10 heteroatoms. The number of piperazine rings is 1. The third-order valence-corrected chi connectivity index (χ3v) is 10.8. The van der Waals surface area contributed by atoms with Crippen LogP contribution >= 0.6 is 0 Å². The Morgan fingerprint density at radius 3 is 2.80 bits per heavy atom. The molecule has 0 amide bonds. The standard InChI is InChI=1S/C34H32F2N6O2/c1-2-23-27(35)7-4-18-10-22(43)12-24(28(18)23)30-29(36)31-25(13-37-30)32(41-15-20-5-6-21(16-41)38-20)40-33(39-31)44-17-34-8-3-9-42(34)14-19-11-26(19)34/h1,4,7,10,12-13,19-21,26,38,43H,3,5-6,8-9,11,14-17H2/t19-,20-,21+,26-,34-/m1/s1. The van der Waals surface area contributed by atoms with Gasteiger partial charge in [0, 0.05) is 48.9 Å². The van der Waals surface area contributed by atoms with Crippen LogP contribution in [0.1, 0.15) is 37.7 Å². The number of anilines is 1. The number of ether oxygens (including phenoxy) is 1. The molecule has 4 saturated heterocycles. The van der Waals surface area contributed by atoms with Gasteiger partial charge in [-0.1, -0.05) is 12.0 Å². The number of terminal acetylenes is 1. The summed E-state index contributed by atoms with van der Waals surface area (Å²) < 4.78 is 38.0. The Labute approximate surface area is 253 Å². The van der Waals surface area contributed by atoms with E-state index in [2.05, 4.69) is 31.0 Å². The Balaban J connectivity index is 1.19. The Bertz CT molecular complexity index is 1900. The van der Waals surface area contributed by atoms with Crippen molar-refractivity contribution < 1.29 is 18.6 Å². The number of rotatable bonds is 5. The van der Waals surface area contributed by atoms with Crippen LogP contribution in [-0.2, 0) is 0 Å². The summed E-state index contributed by atoms with van der Waals surface area (Å²) in [5, 5.41) is 15.5. The van der Waals surface area contributed by atoms with Crippen LogP contribution in [0.5, 0.6) is 11.8 Å². The van der Waals surface area contributed by atoms with Crippen molar-refractivity contribution in [3.63, 3.8) is 0 Å². The van der Waals surface area contributed by atoms with Gasteiger partial charge < -0.3 is 20.1 Å². The van der Waals surface area contributed by atoms with Crippen LogP contribution in [0, 0.1) is 35.8 Å². The van der Waals surface area contributed by atoms with Gasteiger partial charge >= 0.3 is 6.01 Å². The molecule has 4 aromatic rings. The molecule has 2 aromatic carbocycles. The summed E-state index contributed by atoms with van der Waals surface area (Å²) in [6.07, 6.45) is 12.9. The van der Waals surface area contributed by atoms with Gasteiger partial charge in [-0.05, 0) is 74.1 Å². The lowest BCUT2D eigenvalue weighted by molar-refractivity contribution is 0.0829. The zero-order valence-corrected chi connectivity index (χ0v) is 24.2. The van der Waals surface area contributed by atoms with Crippen molar-refractivity contribution in [2.75, 3.05) is 37.7 Å². The van der Waals surface area contributed by atoms with Gasteiger partial charge in [0.15, 0.2) is 5.82 Å². The fourth-order valence-corrected chi connectivity index (χ4v) is 8.74. The zero-order chi connectivity index (χ0) is 29.7. The van der Waals surface area contributed by atoms with Crippen LogP contribution < -0.4 is 15.0 Å². The minimum Gasteiger partial charge on any atom is -0.508 e. The van der Waals surface area contributed by atoms with Crippen LogP contribution in [0.15, 0.2) is 30.5 Å². The summed E-state index contributed by atoms with van der Waals surface area (Å²) in [6.45, 7) is 4.19. The van der Waals surface area contributed by atoms with Crippen LogP contribution in [-0.4, -0.2) is 75.4 Å². The molecule has 6 heterocycles. The van der Waals surface area contributed by atoms with E-state index in [1.54, 1.807) is 6.20 Å². The molecule has 224 valence electrons. The summed E-state index contributed by atoms with van der Waals surface area (Å²) in [4.78, 5) is 18.9. The van der Waals surface area contributed by atoms with Gasteiger partial charge in [-0.15, -0.1) is 6.42 Å². The highest BCUT2D eigenvalue weighted by molar-refractivity contribution is 6.03. The van der Waals surface area contributed by atoms with E-state index in [1.807, 2.05) is 0 Å². The number of hydrogen-bond donors (Lipinski definition) is 2. The first kappa shape index (κ1) is 26.3. The minimum atomic E-state index is -0.697. The number of benzene rings is 2. The fraction of sp³-hybridized carbons (Fsp3) is 0.441. The van der Waals surface area contributed by atoms with Crippen LogP contribution in [0.3, 0.4) is 0 Å². The first-order valence-electron chi connectivity index (χ1n) is 15.6. The molecule has 1 saturated carbocycles. The maximum atomic E-state index is 16.8. The van der Waals surface area contributed by atoms with Gasteiger partial charge in [-0.3, -0.25) is 9.88 Å². The van der Waals surface area contributed by atoms with Gasteiger partial charge in [0.05, 0.1) is 16.5 Å². The summed E-state index contributed by atoms with van der Waals surface area (Å²) in [7, 11) is 0. The first-order chi connectivity index (χ1) is 21.4. The quantitative estimate of drug-likeness (QED) is 0.324. The summed E-state index contributed by atoms with van der Waals surface area (Å²) in [6, 6.07) is 6.43. The van der Waals surface area contributed by atoms with Crippen molar-refractivity contribution in [3.8, 4) is 35.4 Å². The third kappa shape index (κ3) is 3.85. The lowest BCUT2D eigenvalue weighted by atomic mass is 9.92. The molecule has 8 nitrogen and oxygen atoms in total. The molecule has 5 fully saturated rings. The van der Waals surface area contributed by atoms with Crippen LogP contribution in [0.2, 0.25) is 0 Å². The SMILES string of the molecule is C#Cc1c(F)ccc2cc(O)cc(-c3ncc4c(N5C[C@H]6CC[C@@H](C5)N6)nc(OC[C@@]56CCCN5C[C@H]5C[C@H]56)nc4c3F)c12. The topological polar surface area (TPSA) is 86.6 Å². The third-order valence-electron chi connectivity index (χ3n) is 10.8. The normalized spacial score (nSPS) is 28.8. The van der Waals surface area contributed by atoms with Gasteiger partial charge in [-0.25, -0.2) is 8.78 Å². The number of fused-ring (bicyclic) bond motifs is 7. The van der Waals surface area contributed by atoms with E-state index < -0.39 is 11.6 Å². The Morgan fingerprint density at radius 1 is 1.14 bits per heavy atom. The molecule has 2 bridgehead atoms. The van der Waals surface area contributed by atoms with Crippen molar-refractivity contribution in [3.05, 3.63) is 47.7 Å². The van der Waals surface area contributed by atoms with E-state index >= 15 is 4.39 Å². The number of hydrogen-bond acceptors (Lipinski definition) is 8. The number of phenolic OH excluding ortho intramolecular Hbond substituents is 1. The highest BCUT2D eigenvalue weighted by Crippen LogP contribution is 2.59.